The number of hydrogen-bond donors (Lipinski definition) is 0. The van der Waals surface area contributed by atoms with Gasteiger partial charge in [0.15, 0.2) is 17.8 Å². The Hall–Kier alpha value is -1.55. The summed E-state index contributed by atoms with van der Waals surface area (Å²) in [5.41, 5.74) is 0.525. The number of ether oxygens (including phenoxy) is 3. The van der Waals surface area contributed by atoms with Crippen LogP contribution in [0.3, 0.4) is 0 Å². The van der Waals surface area contributed by atoms with E-state index in [9.17, 15) is 4.79 Å². The number of carbonyl (C=O) groups is 1. The highest BCUT2D eigenvalue weighted by molar-refractivity contribution is 5.81. The molecule has 1 aromatic carbocycles. The largest absolute Gasteiger partial charge is 0.493 e. The molecule has 1 fully saturated rings. The van der Waals surface area contributed by atoms with E-state index in [4.69, 9.17) is 14.2 Å². The molecule has 0 saturated carbocycles. The van der Waals surface area contributed by atoms with Gasteiger partial charge in [-0.2, -0.15) is 0 Å². The molecule has 0 spiro atoms. The van der Waals surface area contributed by atoms with Gasteiger partial charge in [0, 0.05) is 6.61 Å². The second-order valence-corrected chi connectivity index (χ2v) is 4.62. The summed E-state index contributed by atoms with van der Waals surface area (Å²) < 4.78 is 16.5. The minimum absolute atomic E-state index is 0.381. The van der Waals surface area contributed by atoms with Gasteiger partial charge < -0.3 is 14.2 Å². The van der Waals surface area contributed by atoms with Crippen LogP contribution in [0, 0.1) is 0 Å². The summed E-state index contributed by atoms with van der Waals surface area (Å²) in [6.07, 6.45) is 5.40. The lowest BCUT2D eigenvalue weighted by molar-refractivity contribution is 0.0977. The zero-order valence-corrected chi connectivity index (χ0v) is 11.3. The fraction of sp³-hybridized carbons (Fsp3) is 0.533. The second-order valence-electron chi connectivity index (χ2n) is 4.62. The minimum Gasteiger partial charge on any atom is -0.493 e. The van der Waals surface area contributed by atoms with Crippen molar-refractivity contribution in [1.82, 2.24) is 0 Å². The first-order valence-corrected chi connectivity index (χ1v) is 6.71. The minimum atomic E-state index is 0.381. The van der Waals surface area contributed by atoms with Crippen molar-refractivity contribution >= 4 is 6.29 Å². The normalized spacial score (nSPS) is 18.3. The summed E-state index contributed by atoms with van der Waals surface area (Å²) in [5.74, 6) is 1.13. The Bertz CT molecular complexity index is 411. The molecular formula is C15H20O4. The van der Waals surface area contributed by atoms with Crippen LogP contribution in [0.25, 0.3) is 0 Å². The molecule has 4 nitrogen and oxygen atoms in total. The van der Waals surface area contributed by atoms with Gasteiger partial charge >= 0.3 is 0 Å². The number of methoxy groups -OCH3 is 1. The number of benzene rings is 1. The summed E-state index contributed by atoms with van der Waals surface area (Å²) >= 11 is 0. The topological polar surface area (TPSA) is 44.8 Å². The molecule has 1 saturated heterocycles. The van der Waals surface area contributed by atoms with E-state index < -0.39 is 0 Å². The Morgan fingerprint density at radius 2 is 2.37 bits per heavy atom. The number of hydrogen-bond acceptors (Lipinski definition) is 4. The predicted molar refractivity (Wildman–Crippen MR) is 72.1 cm³/mol. The standard InChI is InChI=1S/C15H20O4/c1-17-14-8-2-5-12(11-16)15(14)19-10-4-7-13-6-3-9-18-13/h2,5,8,11,13H,3-4,6-7,9-10H2,1H3. The predicted octanol–water partition coefficient (Wildman–Crippen LogP) is 2.85. The first-order valence-electron chi connectivity index (χ1n) is 6.71. The molecule has 0 amide bonds. The van der Waals surface area contributed by atoms with E-state index in [1.165, 1.54) is 0 Å². The highest BCUT2D eigenvalue weighted by atomic mass is 16.5. The SMILES string of the molecule is COc1cccc(C=O)c1OCCCC1CCCO1. The molecule has 4 heteroatoms. The smallest absolute Gasteiger partial charge is 0.171 e. The van der Waals surface area contributed by atoms with Crippen molar-refractivity contribution in [2.75, 3.05) is 20.3 Å². The molecule has 1 aliphatic rings. The van der Waals surface area contributed by atoms with Crippen LogP contribution in [0.15, 0.2) is 18.2 Å². The Balaban J connectivity index is 1.85. The van der Waals surface area contributed by atoms with Gasteiger partial charge in [-0.15, -0.1) is 0 Å². The first-order chi connectivity index (χ1) is 9.35. The van der Waals surface area contributed by atoms with Gasteiger partial charge in [-0.1, -0.05) is 6.07 Å². The van der Waals surface area contributed by atoms with Crippen molar-refractivity contribution in [3.05, 3.63) is 23.8 Å². The number of para-hydroxylation sites is 1. The molecule has 0 bridgehead atoms. The Kier molecular flexibility index (Phi) is 5.21. The molecular weight excluding hydrogens is 244 g/mol. The van der Waals surface area contributed by atoms with Gasteiger partial charge in [-0.3, -0.25) is 4.79 Å². The van der Waals surface area contributed by atoms with Crippen LogP contribution >= 0.6 is 0 Å². The third-order valence-electron chi connectivity index (χ3n) is 3.30. The zero-order chi connectivity index (χ0) is 13.5. The lowest BCUT2D eigenvalue weighted by atomic mass is 10.1. The fourth-order valence-electron chi connectivity index (χ4n) is 2.30. The van der Waals surface area contributed by atoms with Crippen molar-refractivity contribution in [1.29, 1.82) is 0 Å². The van der Waals surface area contributed by atoms with E-state index in [0.29, 0.717) is 29.8 Å². The molecule has 19 heavy (non-hydrogen) atoms. The summed E-state index contributed by atoms with van der Waals surface area (Å²) in [4.78, 5) is 11.0. The molecule has 1 heterocycles. The van der Waals surface area contributed by atoms with Crippen molar-refractivity contribution in [2.24, 2.45) is 0 Å². The van der Waals surface area contributed by atoms with Gasteiger partial charge in [-0.25, -0.2) is 0 Å². The molecule has 1 aromatic rings. The van der Waals surface area contributed by atoms with Gasteiger partial charge in [-0.05, 0) is 37.8 Å². The van der Waals surface area contributed by atoms with E-state index in [1.807, 2.05) is 0 Å². The highest BCUT2D eigenvalue weighted by Gasteiger charge is 2.15. The van der Waals surface area contributed by atoms with E-state index in [2.05, 4.69) is 0 Å². The zero-order valence-electron chi connectivity index (χ0n) is 11.3. The molecule has 0 aromatic heterocycles. The molecule has 0 N–H and O–H groups in total. The second kappa shape index (κ2) is 7.14. The molecule has 104 valence electrons. The maximum absolute atomic E-state index is 11.0. The highest BCUT2D eigenvalue weighted by Crippen LogP contribution is 2.30. The average molecular weight is 264 g/mol. The van der Waals surface area contributed by atoms with E-state index in [1.54, 1.807) is 25.3 Å². The molecule has 1 aliphatic heterocycles. The van der Waals surface area contributed by atoms with Crippen LogP contribution < -0.4 is 9.47 Å². The molecule has 0 aliphatic carbocycles. The summed E-state index contributed by atoms with van der Waals surface area (Å²) in [6, 6.07) is 5.30. The van der Waals surface area contributed by atoms with E-state index >= 15 is 0 Å². The number of carbonyl (C=O) groups excluding carboxylic acids is 1. The van der Waals surface area contributed by atoms with Crippen molar-refractivity contribution in [3.8, 4) is 11.5 Å². The Labute approximate surface area is 113 Å². The van der Waals surface area contributed by atoms with E-state index in [0.717, 1.165) is 38.6 Å². The van der Waals surface area contributed by atoms with E-state index in [-0.39, 0.29) is 0 Å². The lowest BCUT2D eigenvalue weighted by Crippen LogP contribution is -2.08. The molecule has 0 radical (unpaired) electrons. The lowest BCUT2D eigenvalue weighted by Gasteiger charge is -2.13. The molecule has 2 rings (SSSR count). The van der Waals surface area contributed by atoms with Crippen LogP contribution in [-0.4, -0.2) is 32.7 Å². The van der Waals surface area contributed by atoms with Crippen molar-refractivity contribution in [3.63, 3.8) is 0 Å². The maximum atomic E-state index is 11.0. The van der Waals surface area contributed by atoms with Gasteiger partial charge in [0.25, 0.3) is 0 Å². The van der Waals surface area contributed by atoms with Gasteiger partial charge in [0.05, 0.1) is 25.4 Å². The first kappa shape index (κ1) is 13.9. The van der Waals surface area contributed by atoms with Crippen molar-refractivity contribution in [2.45, 2.75) is 31.8 Å². The third-order valence-corrected chi connectivity index (χ3v) is 3.30. The quantitative estimate of drug-likeness (QED) is 0.561. The van der Waals surface area contributed by atoms with Crippen LogP contribution in [0.4, 0.5) is 0 Å². The van der Waals surface area contributed by atoms with Crippen molar-refractivity contribution < 1.29 is 19.0 Å². The van der Waals surface area contributed by atoms with Gasteiger partial charge in [0.2, 0.25) is 0 Å². The number of rotatable bonds is 7. The summed E-state index contributed by atoms with van der Waals surface area (Å²) in [6.45, 7) is 1.45. The number of aldehydes is 1. The van der Waals surface area contributed by atoms with Crippen LogP contribution in [0.2, 0.25) is 0 Å². The monoisotopic (exact) mass is 264 g/mol. The molecule has 1 unspecified atom stereocenters. The fourth-order valence-corrected chi connectivity index (χ4v) is 2.30. The Morgan fingerprint density at radius 3 is 3.05 bits per heavy atom. The average Bonchev–Trinajstić information content (AvgIpc) is 2.96. The molecule has 1 atom stereocenters. The van der Waals surface area contributed by atoms with Crippen LogP contribution in [-0.2, 0) is 4.74 Å². The summed E-state index contributed by atoms with van der Waals surface area (Å²) in [7, 11) is 1.57. The van der Waals surface area contributed by atoms with Crippen LogP contribution in [0.5, 0.6) is 11.5 Å². The Morgan fingerprint density at radius 1 is 1.47 bits per heavy atom. The van der Waals surface area contributed by atoms with Gasteiger partial charge in [0.1, 0.15) is 0 Å². The summed E-state index contributed by atoms with van der Waals surface area (Å²) in [5, 5.41) is 0. The maximum Gasteiger partial charge on any atom is 0.171 e. The third kappa shape index (κ3) is 3.70. The van der Waals surface area contributed by atoms with Crippen LogP contribution in [0.1, 0.15) is 36.0 Å².